The highest BCUT2D eigenvalue weighted by atomic mass is 32.2. The predicted octanol–water partition coefficient (Wildman–Crippen LogP) is 0.562. The molecule has 0 atom stereocenters. The van der Waals surface area contributed by atoms with Gasteiger partial charge < -0.3 is 15.6 Å². The van der Waals surface area contributed by atoms with E-state index in [1.54, 1.807) is 6.92 Å². The average Bonchev–Trinajstić information content (AvgIpc) is 2.34. The monoisotopic (exact) mass is 304 g/mol. The third-order valence-electron chi connectivity index (χ3n) is 3.49. The number of aliphatic hydroxyl groups is 1. The molecule has 1 aliphatic heterocycles. The molecule has 20 heavy (non-hydrogen) atoms. The van der Waals surface area contributed by atoms with Crippen LogP contribution in [0.4, 0.5) is 10.1 Å². The number of benzene rings is 1. The van der Waals surface area contributed by atoms with Crippen LogP contribution in [0.25, 0.3) is 0 Å². The van der Waals surface area contributed by atoms with Gasteiger partial charge in [-0.25, -0.2) is 12.8 Å². The molecular weight excluding hydrogens is 287 g/mol. The van der Waals surface area contributed by atoms with Gasteiger partial charge in [0.15, 0.2) is 11.6 Å². The van der Waals surface area contributed by atoms with Crippen LogP contribution in [0.3, 0.4) is 0 Å². The molecule has 1 heterocycles. The van der Waals surface area contributed by atoms with Crippen molar-refractivity contribution in [2.45, 2.75) is 23.8 Å². The Morgan fingerprint density at radius 2 is 2.10 bits per heavy atom. The molecule has 0 radical (unpaired) electrons. The topological polar surface area (TPSA) is 92.9 Å². The fraction of sp³-hybridized carbons (Fsp3) is 0.500. The maximum Gasteiger partial charge on any atom is 0.243 e. The van der Waals surface area contributed by atoms with Crippen molar-refractivity contribution >= 4 is 15.7 Å². The molecule has 0 saturated carbocycles. The number of ether oxygens (including phenoxy) is 1. The number of β-amino-alcohol motifs (C(OH)–C–C–N with tert-alkyl or cyclic N) is 1. The van der Waals surface area contributed by atoms with Crippen molar-refractivity contribution in [2.24, 2.45) is 0 Å². The fourth-order valence-electron chi connectivity index (χ4n) is 2.11. The van der Waals surface area contributed by atoms with Crippen LogP contribution in [0.1, 0.15) is 13.3 Å². The summed E-state index contributed by atoms with van der Waals surface area (Å²) in [5, 5.41) is 9.87. The molecule has 1 aromatic carbocycles. The molecular formula is C12H17FN2O4S. The van der Waals surface area contributed by atoms with Crippen LogP contribution in [0.5, 0.6) is 5.75 Å². The van der Waals surface area contributed by atoms with E-state index < -0.39 is 21.4 Å². The van der Waals surface area contributed by atoms with Crippen molar-refractivity contribution in [3.8, 4) is 5.75 Å². The molecule has 0 bridgehead atoms. The minimum absolute atomic E-state index is 0.000609. The summed E-state index contributed by atoms with van der Waals surface area (Å²) in [6.45, 7) is 1.77. The summed E-state index contributed by atoms with van der Waals surface area (Å²) >= 11 is 0. The number of halogens is 1. The third-order valence-corrected chi connectivity index (χ3v) is 5.26. The molecule has 3 N–H and O–H groups in total. The first kappa shape index (κ1) is 15.0. The Kier molecular flexibility index (Phi) is 3.66. The predicted molar refractivity (Wildman–Crippen MR) is 71.4 cm³/mol. The fourth-order valence-corrected chi connectivity index (χ4v) is 3.75. The van der Waals surface area contributed by atoms with Gasteiger partial charge in [0.1, 0.15) is 0 Å². The SMILES string of the molecule is CCC1(O)CN(S(=O)(=O)c2cc(N)c(OC)c(F)c2)C1. The van der Waals surface area contributed by atoms with E-state index in [0.29, 0.717) is 6.42 Å². The van der Waals surface area contributed by atoms with E-state index in [1.165, 1.54) is 7.11 Å². The van der Waals surface area contributed by atoms with E-state index in [9.17, 15) is 17.9 Å². The van der Waals surface area contributed by atoms with E-state index in [4.69, 9.17) is 10.5 Å². The lowest BCUT2D eigenvalue weighted by molar-refractivity contribution is -0.0613. The second-order valence-electron chi connectivity index (χ2n) is 4.88. The molecule has 1 aromatic rings. The third kappa shape index (κ3) is 2.34. The zero-order chi connectivity index (χ0) is 15.1. The quantitative estimate of drug-likeness (QED) is 0.793. The summed E-state index contributed by atoms with van der Waals surface area (Å²) in [7, 11) is -2.61. The largest absolute Gasteiger partial charge is 0.492 e. The molecule has 112 valence electrons. The number of nitrogens with zero attached hydrogens (tertiary/aromatic N) is 1. The summed E-state index contributed by atoms with van der Waals surface area (Å²) in [4.78, 5) is -0.244. The number of hydrogen-bond donors (Lipinski definition) is 2. The highest BCUT2D eigenvalue weighted by Crippen LogP contribution is 2.34. The maximum absolute atomic E-state index is 13.7. The smallest absolute Gasteiger partial charge is 0.243 e. The molecule has 1 fully saturated rings. The second kappa shape index (κ2) is 4.87. The van der Waals surface area contributed by atoms with Crippen molar-refractivity contribution in [3.63, 3.8) is 0 Å². The number of rotatable bonds is 4. The summed E-state index contributed by atoms with van der Waals surface area (Å²) < 4.78 is 44.1. The zero-order valence-electron chi connectivity index (χ0n) is 11.3. The number of anilines is 1. The normalized spacial score (nSPS) is 18.6. The lowest BCUT2D eigenvalue weighted by atomic mass is 9.94. The molecule has 1 saturated heterocycles. The van der Waals surface area contributed by atoms with E-state index in [0.717, 1.165) is 16.4 Å². The molecule has 0 aliphatic carbocycles. The van der Waals surface area contributed by atoms with Crippen molar-refractivity contribution in [1.82, 2.24) is 4.31 Å². The average molecular weight is 304 g/mol. The van der Waals surface area contributed by atoms with E-state index in [-0.39, 0.29) is 29.4 Å². The van der Waals surface area contributed by atoms with Gasteiger partial charge in [0.2, 0.25) is 10.0 Å². The molecule has 0 unspecified atom stereocenters. The molecule has 0 amide bonds. The van der Waals surface area contributed by atoms with E-state index in [1.807, 2.05) is 0 Å². The minimum Gasteiger partial charge on any atom is -0.492 e. The Hall–Kier alpha value is -1.38. The van der Waals surface area contributed by atoms with Gasteiger partial charge in [-0.3, -0.25) is 0 Å². The molecule has 8 heteroatoms. The van der Waals surface area contributed by atoms with Crippen LogP contribution in [0, 0.1) is 5.82 Å². The van der Waals surface area contributed by atoms with Crippen LogP contribution in [0.15, 0.2) is 17.0 Å². The van der Waals surface area contributed by atoms with Crippen LogP contribution in [-0.2, 0) is 10.0 Å². The van der Waals surface area contributed by atoms with Gasteiger partial charge >= 0.3 is 0 Å². The van der Waals surface area contributed by atoms with E-state index >= 15 is 0 Å². The van der Waals surface area contributed by atoms with Gasteiger partial charge in [-0.1, -0.05) is 6.92 Å². The Labute approximate surface area is 117 Å². The molecule has 0 spiro atoms. The number of nitrogen functional groups attached to an aromatic ring is 1. The van der Waals surface area contributed by atoms with Crippen LogP contribution >= 0.6 is 0 Å². The molecule has 1 aliphatic rings. The van der Waals surface area contributed by atoms with Crippen LogP contribution in [0.2, 0.25) is 0 Å². The van der Waals surface area contributed by atoms with E-state index in [2.05, 4.69) is 0 Å². The van der Waals surface area contributed by atoms with Crippen molar-refractivity contribution in [2.75, 3.05) is 25.9 Å². The van der Waals surface area contributed by atoms with Crippen molar-refractivity contribution < 1.29 is 22.7 Å². The first-order chi connectivity index (χ1) is 9.23. The van der Waals surface area contributed by atoms with Crippen LogP contribution < -0.4 is 10.5 Å². The molecule has 6 nitrogen and oxygen atoms in total. The Bertz CT molecular complexity index is 603. The highest BCUT2D eigenvalue weighted by molar-refractivity contribution is 7.89. The first-order valence-electron chi connectivity index (χ1n) is 6.09. The minimum atomic E-state index is -3.86. The van der Waals surface area contributed by atoms with Gasteiger partial charge in [0.25, 0.3) is 0 Å². The number of hydrogen-bond acceptors (Lipinski definition) is 5. The lowest BCUT2D eigenvalue weighted by Gasteiger charge is -2.44. The number of methoxy groups -OCH3 is 1. The number of sulfonamides is 1. The standard InChI is InChI=1S/C12H17FN2O4S/c1-3-12(16)6-15(7-12)20(17,18)8-4-9(13)11(19-2)10(14)5-8/h4-5,16H,3,6-7,14H2,1-2H3. The van der Waals surface area contributed by atoms with Gasteiger partial charge in [-0.2, -0.15) is 4.31 Å². The van der Waals surface area contributed by atoms with Gasteiger partial charge in [-0.15, -0.1) is 0 Å². The zero-order valence-corrected chi connectivity index (χ0v) is 12.1. The Balaban J connectivity index is 2.33. The van der Waals surface area contributed by atoms with Crippen molar-refractivity contribution in [3.05, 3.63) is 17.9 Å². The second-order valence-corrected chi connectivity index (χ2v) is 6.82. The van der Waals surface area contributed by atoms with Gasteiger partial charge in [0, 0.05) is 13.1 Å². The molecule has 0 aromatic heterocycles. The summed E-state index contributed by atoms with van der Waals surface area (Å²) in [5.41, 5.74) is 4.49. The first-order valence-corrected chi connectivity index (χ1v) is 7.53. The van der Waals surface area contributed by atoms with Gasteiger partial charge in [0.05, 0.1) is 23.3 Å². The summed E-state index contributed by atoms with van der Waals surface area (Å²) in [6, 6.07) is 2.02. The van der Waals surface area contributed by atoms with Gasteiger partial charge in [-0.05, 0) is 18.6 Å². The summed E-state index contributed by atoms with van der Waals surface area (Å²) in [6.07, 6.45) is 0.456. The summed E-state index contributed by atoms with van der Waals surface area (Å²) in [5.74, 6) is -1.02. The van der Waals surface area contributed by atoms with Crippen molar-refractivity contribution in [1.29, 1.82) is 0 Å². The Morgan fingerprint density at radius 1 is 1.50 bits per heavy atom. The lowest BCUT2D eigenvalue weighted by Crippen LogP contribution is -2.62. The van der Waals surface area contributed by atoms with Crippen LogP contribution in [-0.4, -0.2) is 43.6 Å². The number of nitrogens with two attached hydrogens (primary N) is 1. The molecule has 2 rings (SSSR count). The Morgan fingerprint density at radius 3 is 2.55 bits per heavy atom. The maximum atomic E-state index is 13.7. The highest BCUT2D eigenvalue weighted by Gasteiger charge is 2.46.